The van der Waals surface area contributed by atoms with Gasteiger partial charge in [-0.3, -0.25) is 4.79 Å². The molecule has 0 unspecified atom stereocenters. The van der Waals surface area contributed by atoms with E-state index < -0.39 is 0 Å². The molecule has 18 heavy (non-hydrogen) atoms. The van der Waals surface area contributed by atoms with Crippen molar-refractivity contribution < 1.29 is 4.79 Å². The van der Waals surface area contributed by atoms with Crippen molar-refractivity contribution in [3.05, 3.63) is 34.3 Å². The van der Waals surface area contributed by atoms with Crippen LogP contribution in [0, 0.1) is 5.92 Å². The molecule has 1 aromatic rings. The summed E-state index contributed by atoms with van der Waals surface area (Å²) in [5, 5.41) is 3.19. The summed E-state index contributed by atoms with van der Waals surface area (Å²) in [6.07, 6.45) is 2.45. The third-order valence-corrected chi connectivity index (χ3v) is 4.61. The minimum Gasteiger partial charge on any atom is -0.348 e. The van der Waals surface area contributed by atoms with Crippen molar-refractivity contribution in [2.24, 2.45) is 5.92 Å². The van der Waals surface area contributed by atoms with Crippen molar-refractivity contribution in [3.63, 3.8) is 0 Å². The lowest BCUT2D eigenvalue weighted by Crippen LogP contribution is -2.57. The molecule has 4 rings (SSSR count). The van der Waals surface area contributed by atoms with Gasteiger partial charge in [0.05, 0.1) is 0 Å². The summed E-state index contributed by atoms with van der Waals surface area (Å²) in [4.78, 5) is 14.6. The summed E-state index contributed by atoms with van der Waals surface area (Å²) >= 11 is 3.38. The number of nitrogens with one attached hydrogen (secondary N) is 1. The highest BCUT2D eigenvalue weighted by atomic mass is 79.9. The van der Waals surface area contributed by atoms with Crippen molar-refractivity contribution in [1.82, 2.24) is 10.2 Å². The summed E-state index contributed by atoms with van der Waals surface area (Å²) in [6, 6.07) is 7.88. The zero-order valence-corrected chi connectivity index (χ0v) is 11.8. The Balaban J connectivity index is 1.66. The minimum absolute atomic E-state index is 0.0567. The summed E-state index contributed by atoms with van der Waals surface area (Å²) in [5.41, 5.74) is 0.745. The number of carbonyl (C=O) groups is 1. The third-order valence-electron chi connectivity index (χ3n) is 4.08. The maximum atomic E-state index is 12.2. The Kier molecular flexibility index (Phi) is 3.39. The van der Waals surface area contributed by atoms with Crippen LogP contribution in [0.4, 0.5) is 0 Å². The quantitative estimate of drug-likeness (QED) is 0.909. The lowest BCUT2D eigenvalue weighted by atomic mass is 9.84. The third kappa shape index (κ3) is 2.45. The molecule has 0 saturated carbocycles. The van der Waals surface area contributed by atoms with E-state index in [1.54, 1.807) is 0 Å². The molecular formula is C14H17BrN2O. The molecule has 1 aromatic carbocycles. The van der Waals surface area contributed by atoms with Crippen LogP contribution in [-0.2, 0) is 0 Å². The van der Waals surface area contributed by atoms with E-state index >= 15 is 0 Å². The van der Waals surface area contributed by atoms with Crippen LogP contribution in [0.1, 0.15) is 23.2 Å². The molecule has 1 N–H and O–H groups in total. The molecule has 3 heterocycles. The van der Waals surface area contributed by atoms with Crippen LogP contribution in [0.15, 0.2) is 28.7 Å². The number of piperidine rings is 3. The topological polar surface area (TPSA) is 32.3 Å². The van der Waals surface area contributed by atoms with Crippen LogP contribution in [0.2, 0.25) is 0 Å². The monoisotopic (exact) mass is 308 g/mol. The summed E-state index contributed by atoms with van der Waals surface area (Å²) in [5.74, 6) is 0.732. The molecular weight excluding hydrogens is 292 g/mol. The fraction of sp³-hybridized carbons (Fsp3) is 0.500. The minimum atomic E-state index is 0.0567. The summed E-state index contributed by atoms with van der Waals surface area (Å²) in [7, 11) is 0. The molecule has 0 aromatic heterocycles. The van der Waals surface area contributed by atoms with Gasteiger partial charge >= 0.3 is 0 Å². The molecule has 3 fully saturated rings. The van der Waals surface area contributed by atoms with Crippen LogP contribution in [0.5, 0.6) is 0 Å². The predicted molar refractivity (Wildman–Crippen MR) is 74.6 cm³/mol. The second-order valence-corrected chi connectivity index (χ2v) is 6.14. The van der Waals surface area contributed by atoms with E-state index in [4.69, 9.17) is 0 Å². The van der Waals surface area contributed by atoms with Crippen molar-refractivity contribution in [3.8, 4) is 0 Å². The van der Waals surface area contributed by atoms with Crippen molar-refractivity contribution in [2.45, 2.75) is 18.9 Å². The lowest BCUT2D eigenvalue weighted by Gasteiger charge is -2.44. The van der Waals surface area contributed by atoms with Gasteiger partial charge in [0.2, 0.25) is 0 Å². The average Bonchev–Trinajstić information content (AvgIpc) is 2.41. The summed E-state index contributed by atoms with van der Waals surface area (Å²) < 4.78 is 1.00. The highest BCUT2D eigenvalue weighted by molar-refractivity contribution is 9.10. The van der Waals surface area contributed by atoms with E-state index in [-0.39, 0.29) is 5.91 Å². The molecule has 96 valence electrons. The standard InChI is InChI=1S/C14H17BrN2O/c15-12-3-1-11(2-4-12)14(18)16-13-9-17-7-5-10(13)6-8-17/h1-4,10,13H,5-9H2,(H,16,18)/t13-/m1/s1. The first-order valence-corrected chi connectivity index (χ1v) is 7.30. The maximum Gasteiger partial charge on any atom is 0.251 e. The number of hydrogen-bond acceptors (Lipinski definition) is 2. The van der Waals surface area contributed by atoms with Gasteiger partial charge in [-0.25, -0.2) is 0 Å². The van der Waals surface area contributed by atoms with Crippen LogP contribution in [-0.4, -0.2) is 36.5 Å². The highest BCUT2D eigenvalue weighted by Crippen LogP contribution is 2.27. The Hall–Kier alpha value is -0.870. The van der Waals surface area contributed by atoms with Crippen molar-refractivity contribution in [2.75, 3.05) is 19.6 Å². The Morgan fingerprint density at radius 3 is 2.44 bits per heavy atom. The number of amides is 1. The van der Waals surface area contributed by atoms with Crippen molar-refractivity contribution in [1.29, 1.82) is 0 Å². The van der Waals surface area contributed by atoms with E-state index in [0.717, 1.165) is 16.6 Å². The van der Waals surface area contributed by atoms with E-state index in [2.05, 4.69) is 26.1 Å². The van der Waals surface area contributed by atoms with Crippen LogP contribution in [0.25, 0.3) is 0 Å². The molecule has 4 heteroatoms. The van der Waals surface area contributed by atoms with E-state index in [9.17, 15) is 4.79 Å². The first-order valence-electron chi connectivity index (χ1n) is 6.51. The van der Waals surface area contributed by atoms with Gasteiger partial charge in [-0.1, -0.05) is 15.9 Å². The molecule has 2 bridgehead atoms. The number of halogens is 1. The van der Waals surface area contributed by atoms with Gasteiger partial charge < -0.3 is 10.2 Å². The van der Waals surface area contributed by atoms with Crippen molar-refractivity contribution >= 4 is 21.8 Å². The van der Waals surface area contributed by atoms with Gasteiger partial charge in [0.1, 0.15) is 0 Å². The van der Waals surface area contributed by atoms with Gasteiger partial charge in [-0.2, -0.15) is 0 Å². The molecule has 1 atom stereocenters. The van der Waals surface area contributed by atoms with Crippen LogP contribution in [0.3, 0.4) is 0 Å². The fourth-order valence-corrected chi connectivity index (χ4v) is 3.25. The number of carbonyl (C=O) groups excluding carboxylic acids is 1. The zero-order valence-electron chi connectivity index (χ0n) is 10.2. The normalized spacial score (nSPS) is 30.2. The summed E-state index contributed by atoms with van der Waals surface area (Å²) in [6.45, 7) is 3.43. The Morgan fingerprint density at radius 2 is 1.89 bits per heavy atom. The van der Waals surface area contributed by atoms with E-state index in [0.29, 0.717) is 12.0 Å². The molecule has 3 aliphatic heterocycles. The largest absolute Gasteiger partial charge is 0.348 e. The Labute approximate surface area is 116 Å². The number of hydrogen-bond donors (Lipinski definition) is 1. The number of fused-ring (bicyclic) bond motifs is 3. The average molecular weight is 309 g/mol. The SMILES string of the molecule is O=C(N[C@@H]1CN2CCC1CC2)c1ccc(Br)cc1. The predicted octanol–water partition coefficient (Wildman–Crippen LogP) is 2.27. The maximum absolute atomic E-state index is 12.2. The van der Waals surface area contributed by atoms with Crippen LogP contribution >= 0.6 is 15.9 Å². The molecule has 3 saturated heterocycles. The second-order valence-electron chi connectivity index (χ2n) is 5.22. The first-order chi connectivity index (χ1) is 8.72. The van der Waals surface area contributed by atoms with E-state index in [1.807, 2.05) is 24.3 Å². The Bertz CT molecular complexity index is 438. The van der Waals surface area contributed by atoms with Crippen LogP contribution < -0.4 is 5.32 Å². The molecule has 3 aliphatic rings. The zero-order chi connectivity index (χ0) is 12.5. The molecule has 0 radical (unpaired) electrons. The molecule has 3 nitrogen and oxygen atoms in total. The van der Waals surface area contributed by atoms with Gasteiger partial charge in [0, 0.05) is 22.6 Å². The van der Waals surface area contributed by atoms with Gasteiger partial charge in [0.15, 0.2) is 0 Å². The fourth-order valence-electron chi connectivity index (χ4n) is 2.98. The van der Waals surface area contributed by atoms with E-state index in [1.165, 1.54) is 25.9 Å². The Morgan fingerprint density at radius 1 is 1.22 bits per heavy atom. The lowest BCUT2D eigenvalue weighted by molar-refractivity contribution is 0.0620. The number of nitrogens with zero attached hydrogens (tertiary/aromatic N) is 1. The molecule has 0 aliphatic carbocycles. The smallest absolute Gasteiger partial charge is 0.251 e. The van der Waals surface area contributed by atoms with Gasteiger partial charge in [-0.05, 0) is 56.1 Å². The second kappa shape index (κ2) is 5.02. The first kappa shape index (κ1) is 12.2. The number of benzene rings is 1. The molecule has 0 spiro atoms. The van der Waals surface area contributed by atoms with Gasteiger partial charge in [0.25, 0.3) is 5.91 Å². The molecule has 1 amide bonds. The highest BCUT2D eigenvalue weighted by Gasteiger charge is 2.34. The van der Waals surface area contributed by atoms with Gasteiger partial charge in [-0.15, -0.1) is 0 Å². The number of rotatable bonds is 2.